The van der Waals surface area contributed by atoms with Crippen molar-refractivity contribution in [2.45, 2.75) is 13.0 Å². The van der Waals surface area contributed by atoms with E-state index < -0.39 is 29.3 Å². The normalized spacial score (nSPS) is 14.4. The van der Waals surface area contributed by atoms with Gasteiger partial charge in [-0.1, -0.05) is 0 Å². The lowest BCUT2D eigenvalue weighted by molar-refractivity contribution is 0.179. The molecule has 5 rings (SSSR count). The number of nitrogens with zero attached hydrogens (tertiary/aromatic N) is 5. The van der Waals surface area contributed by atoms with E-state index in [9.17, 15) is 23.5 Å². The van der Waals surface area contributed by atoms with E-state index in [1.54, 1.807) is 25.1 Å². The van der Waals surface area contributed by atoms with Crippen LogP contribution in [0.4, 0.5) is 25.0 Å². The molecule has 0 radical (unpaired) electrons. The molecule has 1 saturated heterocycles. The molecule has 2 N–H and O–H groups in total. The SMILES string of the molecule is COc1ccc(N(C(=O)Nc2ccc(F)cc2)C(C)c2nc3ccc(F)cc3c(=O)n2N2CCN(CCO)CC2)c(OC)c1. The van der Waals surface area contributed by atoms with Gasteiger partial charge in [-0.3, -0.25) is 14.6 Å². The first-order valence-corrected chi connectivity index (χ1v) is 14.1. The third kappa shape index (κ3) is 6.29. The third-order valence-electron chi connectivity index (χ3n) is 7.60. The van der Waals surface area contributed by atoms with Crippen molar-refractivity contribution in [3.8, 4) is 11.5 Å². The van der Waals surface area contributed by atoms with E-state index in [1.807, 2.05) is 5.01 Å². The first-order valence-electron chi connectivity index (χ1n) is 14.1. The van der Waals surface area contributed by atoms with E-state index in [-0.39, 0.29) is 23.3 Å². The Morgan fingerprint density at radius 1 is 1.00 bits per heavy atom. The molecule has 4 aromatic rings. The first kappa shape index (κ1) is 30.7. The van der Waals surface area contributed by atoms with Gasteiger partial charge in [-0.05, 0) is 61.5 Å². The van der Waals surface area contributed by atoms with Crippen molar-refractivity contribution in [2.24, 2.45) is 0 Å². The molecule has 13 heteroatoms. The Kier molecular flexibility index (Phi) is 9.26. The topological polar surface area (TPSA) is 112 Å². The predicted octanol–water partition coefficient (Wildman–Crippen LogP) is 3.74. The summed E-state index contributed by atoms with van der Waals surface area (Å²) in [4.78, 5) is 36.4. The zero-order valence-corrected chi connectivity index (χ0v) is 24.7. The predicted molar refractivity (Wildman–Crippen MR) is 163 cm³/mol. The van der Waals surface area contributed by atoms with E-state index >= 15 is 0 Å². The Balaban J connectivity index is 1.66. The molecule has 1 unspecified atom stereocenters. The van der Waals surface area contributed by atoms with E-state index in [0.717, 1.165) is 6.07 Å². The van der Waals surface area contributed by atoms with Gasteiger partial charge >= 0.3 is 6.03 Å². The number of halogens is 2. The second kappa shape index (κ2) is 13.3. The smallest absolute Gasteiger partial charge is 0.327 e. The summed E-state index contributed by atoms with van der Waals surface area (Å²) in [5, 5.41) is 14.1. The van der Waals surface area contributed by atoms with Gasteiger partial charge in [0.1, 0.15) is 23.1 Å². The molecular weight excluding hydrogens is 574 g/mol. The average Bonchev–Trinajstić information content (AvgIpc) is 3.03. The maximum absolute atomic E-state index is 14.3. The van der Waals surface area contributed by atoms with Crippen molar-refractivity contribution >= 4 is 28.3 Å². The van der Waals surface area contributed by atoms with Crippen LogP contribution >= 0.6 is 0 Å². The molecule has 2 heterocycles. The molecule has 0 spiro atoms. The molecule has 1 aromatic heterocycles. The number of nitrogens with one attached hydrogen (secondary N) is 1. The van der Waals surface area contributed by atoms with Crippen LogP contribution in [0.5, 0.6) is 11.5 Å². The number of β-amino-alcohol motifs (C(OH)–C–C–N with tert-alkyl or cyclic N) is 1. The Labute approximate surface area is 252 Å². The van der Waals surface area contributed by atoms with Crippen LogP contribution in [0, 0.1) is 11.6 Å². The lowest BCUT2D eigenvalue weighted by Gasteiger charge is -2.39. The second-order valence-electron chi connectivity index (χ2n) is 10.3. The number of piperazine rings is 1. The van der Waals surface area contributed by atoms with Gasteiger partial charge in [0.2, 0.25) is 0 Å². The van der Waals surface area contributed by atoms with Gasteiger partial charge in [-0.2, -0.15) is 0 Å². The second-order valence-corrected chi connectivity index (χ2v) is 10.3. The van der Waals surface area contributed by atoms with Gasteiger partial charge in [0.25, 0.3) is 5.56 Å². The van der Waals surface area contributed by atoms with Crippen LogP contribution in [0.2, 0.25) is 0 Å². The number of ether oxygens (including phenoxy) is 2. The van der Waals surface area contributed by atoms with Gasteiger partial charge in [-0.25, -0.2) is 23.2 Å². The van der Waals surface area contributed by atoms with Crippen molar-refractivity contribution < 1.29 is 28.2 Å². The van der Waals surface area contributed by atoms with Crippen molar-refractivity contribution in [1.82, 2.24) is 14.6 Å². The molecule has 3 aromatic carbocycles. The number of urea groups is 1. The van der Waals surface area contributed by atoms with Gasteiger partial charge in [0, 0.05) is 44.5 Å². The quantitative estimate of drug-likeness (QED) is 0.296. The summed E-state index contributed by atoms with van der Waals surface area (Å²) in [6.07, 6.45) is 0. The minimum Gasteiger partial charge on any atom is -0.497 e. The average molecular weight is 609 g/mol. The minimum atomic E-state index is -0.879. The summed E-state index contributed by atoms with van der Waals surface area (Å²) in [5.74, 6) is 0.0297. The Hall–Kier alpha value is -4.75. The summed E-state index contributed by atoms with van der Waals surface area (Å²) in [7, 11) is 2.97. The monoisotopic (exact) mass is 608 g/mol. The first-order chi connectivity index (χ1) is 21.2. The summed E-state index contributed by atoms with van der Waals surface area (Å²) < 4.78 is 40.3. The minimum absolute atomic E-state index is 0.0147. The van der Waals surface area contributed by atoms with Gasteiger partial charge in [0.05, 0.1) is 43.5 Å². The molecule has 1 atom stereocenters. The molecule has 44 heavy (non-hydrogen) atoms. The number of amides is 2. The third-order valence-corrected chi connectivity index (χ3v) is 7.60. The highest BCUT2D eigenvalue weighted by Gasteiger charge is 2.32. The number of hydrogen-bond donors (Lipinski definition) is 2. The highest BCUT2D eigenvalue weighted by atomic mass is 19.1. The molecule has 11 nitrogen and oxygen atoms in total. The molecule has 2 amide bonds. The fourth-order valence-electron chi connectivity index (χ4n) is 5.32. The number of methoxy groups -OCH3 is 2. The van der Waals surface area contributed by atoms with Gasteiger partial charge in [0.15, 0.2) is 5.82 Å². The Bertz CT molecular complexity index is 1690. The van der Waals surface area contributed by atoms with Crippen LogP contribution in [0.1, 0.15) is 18.8 Å². The highest BCUT2D eigenvalue weighted by Crippen LogP contribution is 2.37. The molecule has 1 aliphatic heterocycles. The van der Waals surface area contributed by atoms with Crippen molar-refractivity contribution in [3.05, 3.63) is 88.5 Å². The maximum atomic E-state index is 14.3. The van der Waals surface area contributed by atoms with E-state index in [1.165, 1.54) is 60.2 Å². The molecule has 0 aliphatic carbocycles. The summed E-state index contributed by atoms with van der Waals surface area (Å²) in [6.45, 7) is 4.24. The van der Waals surface area contributed by atoms with E-state index in [2.05, 4.69) is 10.2 Å². The van der Waals surface area contributed by atoms with E-state index in [4.69, 9.17) is 14.5 Å². The number of benzene rings is 3. The molecule has 232 valence electrons. The van der Waals surface area contributed by atoms with Crippen LogP contribution in [-0.2, 0) is 0 Å². The fourth-order valence-corrected chi connectivity index (χ4v) is 5.32. The van der Waals surface area contributed by atoms with Crippen LogP contribution < -0.4 is 30.3 Å². The molecule has 0 saturated carbocycles. The fraction of sp³-hybridized carbons (Fsp3) is 0.323. The zero-order valence-electron chi connectivity index (χ0n) is 24.7. The highest BCUT2D eigenvalue weighted by molar-refractivity contribution is 6.03. The molecule has 1 aliphatic rings. The Morgan fingerprint density at radius 2 is 1.70 bits per heavy atom. The number of fused-ring (bicyclic) bond motifs is 1. The summed E-state index contributed by atoms with van der Waals surface area (Å²) >= 11 is 0. The number of aromatic nitrogens is 2. The number of hydrogen-bond acceptors (Lipinski definition) is 8. The van der Waals surface area contributed by atoms with Crippen LogP contribution in [0.3, 0.4) is 0 Å². The summed E-state index contributed by atoms with van der Waals surface area (Å²) in [6, 6.07) is 12.6. The Morgan fingerprint density at radius 3 is 2.36 bits per heavy atom. The maximum Gasteiger partial charge on any atom is 0.327 e. The number of aliphatic hydroxyl groups is 1. The van der Waals surface area contributed by atoms with Crippen molar-refractivity contribution in [1.29, 1.82) is 0 Å². The van der Waals surface area contributed by atoms with E-state index in [0.29, 0.717) is 55.6 Å². The summed E-state index contributed by atoms with van der Waals surface area (Å²) in [5.41, 5.74) is 0.496. The van der Waals surface area contributed by atoms with Crippen LogP contribution in [0.25, 0.3) is 10.9 Å². The van der Waals surface area contributed by atoms with Gasteiger partial charge in [-0.15, -0.1) is 0 Å². The van der Waals surface area contributed by atoms with Crippen molar-refractivity contribution in [2.75, 3.05) is 68.8 Å². The standard InChI is InChI=1S/C31H34F2N6O5/c1-20(38(27-11-9-24(43-2)19-28(27)44-3)31(42)34-23-7-4-21(32)5-8-23)29-35-26-10-6-22(33)18-25(26)30(41)39(29)37-14-12-36(13-15-37)16-17-40/h4-11,18-20,40H,12-17H2,1-3H3,(H,34,42). The largest absolute Gasteiger partial charge is 0.497 e. The van der Waals surface area contributed by atoms with Gasteiger partial charge < -0.3 is 24.9 Å². The number of aliphatic hydroxyl groups excluding tert-OH is 1. The number of carbonyl (C=O) groups is 1. The molecule has 0 bridgehead atoms. The lowest BCUT2D eigenvalue weighted by Crippen LogP contribution is -2.56. The van der Waals surface area contributed by atoms with Crippen LogP contribution in [-0.4, -0.2) is 79.2 Å². The molecular formula is C31H34F2N6O5. The molecule has 1 fully saturated rings. The van der Waals surface area contributed by atoms with Crippen molar-refractivity contribution in [3.63, 3.8) is 0 Å². The number of rotatable bonds is 9. The number of anilines is 2. The zero-order chi connectivity index (χ0) is 31.4. The van der Waals surface area contributed by atoms with Crippen LogP contribution in [0.15, 0.2) is 65.5 Å². The number of carbonyl (C=O) groups excluding carboxylic acids is 1. The lowest BCUT2D eigenvalue weighted by atomic mass is 10.1.